The van der Waals surface area contributed by atoms with Crippen molar-refractivity contribution < 1.29 is 52.1 Å². The second kappa shape index (κ2) is 24.8. The molecule has 3 saturated heterocycles. The Balaban J connectivity index is 1.07. The summed E-state index contributed by atoms with van der Waals surface area (Å²) in [6.07, 6.45) is -8.29. The molecular formula is C57H59NO11. The zero-order valence-electron chi connectivity index (χ0n) is 38.7. The SMILES string of the molecule is CO[C@H]1O[C@H](COCc2ccccc2)[C@@H](OC2O[C@@H]3CO[C@@H](Cc4ccccc4C#N)O[C@H]3[C@H](OCc3ccccc3)[C@@H]2OCc2ccccc2)[C@H](OCc2ccccc2)[C@H]1OCc1ccccc1. The molecule has 6 aromatic carbocycles. The molecule has 0 radical (unpaired) electrons. The van der Waals surface area contributed by atoms with Crippen LogP contribution >= 0.6 is 0 Å². The summed E-state index contributed by atoms with van der Waals surface area (Å²) in [7, 11) is 1.60. The van der Waals surface area contributed by atoms with Crippen LogP contribution in [-0.4, -0.2) is 88.0 Å². The van der Waals surface area contributed by atoms with Crippen molar-refractivity contribution in [1.29, 1.82) is 5.26 Å². The van der Waals surface area contributed by atoms with Gasteiger partial charge in [0.2, 0.25) is 0 Å². The maximum atomic E-state index is 9.92. The van der Waals surface area contributed by atoms with E-state index in [4.69, 9.17) is 52.1 Å². The predicted molar refractivity (Wildman–Crippen MR) is 255 cm³/mol. The Labute approximate surface area is 404 Å². The van der Waals surface area contributed by atoms with Gasteiger partial charge in [0.25, 0.3) is 0 Å². The largest absolute Gasteiger partial charge is 0.374 e. The number of hydrogen-bond donors (Lipinski definition) is 0. The highest BCUT2D eigenvalue weighted by Gasteiger charge is 2.55. The lowest BCUT2D eigenvalue weighted by Crippen LogP contribution is -2.67. The van der Waals surface area contributed by atoms with Crippen LogP contribution < -0.4 is 0 Å². The summed E-state index contributed by atoms with van der Waals surface area (Å²) in [5, 5.41) is 9.92. The van der Waals surface area contributed by atoms with Crippen LogP contribution in [0, 0.1) is 11.3 Å². The van der Waals surface area contributed by atoms with E-state index in [-0.39, 0.29) is 39.6 Å². The van der Waals surface area contributed by atoms with Gasteiger partial charge in [-0.1, -0.05) is 170 Å². The topological polar surface area (TPSA) is 125 Å². The quantitative estimate of drug-likeness (QED) is 0.0685. The Morgan fingerprint density at radius 1 is 0.493 bits per heavy atom. The molecule has 12 heteroatoms. The first-order chi connectivity index (χ1) is 34.1. The van der Waals surface area contributed by atoms with Crippen LogP contribution in [0.4, 0.5) is 0 Å². The molecule has 358 valence electrons. The maximum Gasteiger partial charge on any atom is 0.187 e. The molecule has 0 N–H and O–H groups in total. The van der Waals surface area contributed by atoms with Crippen LogP contribution in [0.5, 0.6) is 0 Å². The van der Waals surface area contributed by atoms with Gasteiger partial charge in [-0.05, 0) is 39.4 Å². The summed E-state index contributed by atoms with van der Waals surface area (Å²) in [6.45, 7) is 1.61. The van der Waals surface area contributed by atoms with Crippen molar-refractivity contribution in [2.24, 2.45) is 0 Å². The molecule has 3 fully saturated rings. The number of hydrogen-bond acceptors (Lipinski definition) is 12. The summed E-state index contributed by atoms with van der Waals surface area (Å²) >= 11 is 0. The molecule has 0 bridgehead atoms. The summed E-state index contributed by atoms with van der Waals surface area (Å²) < 4.78 is 74.6. The van der Waals surface area contributed by atoms with E-state index in [0.29, 0.717) is 18.6 Å². The van der Waals surface area contributed by atoms with Gasteiger partial charge < -0.3 is 52.1 Å². The van der Waals surface area contributed by atoms with Gasteiger partial charge in [0.05, 0.1) is 57.9 Å². The van der Waals surface area contributed by atoms with Gasteiger partial charge in [-0.25, -0.2) is 0 Å². The van der Waals surface area contributed by atoms with Gasteiger partial charge in [-0.3, -0.25) is 0 Å². The van der Waals surface area contributed by atoms with Gasteiger partial charge in [-0.2, -0.15) is 5.26 Å². The average molecular weight is 934 g/mol. The van der Waals surface area contributed by atoms with Crippen LogP contribution in [0.1, 0.15) is 38.9 Å². The van der Waals surface area contributed by atoms with Gasteiger partial charge >= 0.3 is 0 Å². The molecule has 3 aliphatic rings. The molecular weight excluding hydrogens is 875 g/mol. The van der Waals surface area contributed by atoms with Gasteiger partial charge in [0.1, 0.15) is 48.8 Å². The van der Waals surface area contributed by atoms with Crippen molar-refractivity contribution >= 4 is 0 Å². The molecule has 12 nitrogen and oxygen atoms in total. The number of fused-ring (bicyclic) bond motifs is 1. The minimum atomic E-state index is -1.07. The van der Waals surface area contributed by atoms with Crippen LogP contribution in [0.3, 0.4) is 0 Å². The molecule has 0 aliphatic carbocycles. The second-order valence-electron chi connectivity index (χ2n) is 17.3. The molecule has 1 unspecified atom stereocenters. The van der Waals surface area contributed by atoms with E-state index in [1.54, 1.807) is 13.2 Å². The maximum absolute atomic E-state index is 9.92. The van der Waals surface area contributed by atoms with E-state index in [9.17, 15) is 5.26 Å². The second-order valence-corrected chi connectivity index (χ2v) is 17.3. The molecule has 0 amide bonds. The van der Waals surface area contributed by atoms with Crippen LogP contribution in [0.2, 0.25) is 0 Å². The minimum absolute atomic E-state index is 0.121. The van der Waals surface area contributed by atoms with Crippen molar-refractivity contribution in [1.82, 2.24) is 0 Å². The lowest BCUT2D eigenvalue weighted by Gasteiger charge is -2.51. The smallest absolute Gasteiger partial charge is 0.187 e. The van der Waals surface area contributed by atoms with E-state index < -0.39 is 67.7 Å². The highest BCUT2D eigenvalue weighted by Crippen LogP contribution is 2.38. The molecule has 3 aliphatic heterocycles. The van der Waals surface area contributed by atoms with Crippen molar-refractivity contribution in [2.45, 2.75) is 107 Å². The summed E-state index contributed by atoms with van der Waals surface area (Å²) in [5.74, 6) is 0. The molecule has 0 aromatic heterocycles. The number of rotatable bonds is 21. The first-order valence-corrected chi connectivity index (χ1v) is 23.6. The zero-order valence-corrected chi connectivity index (χ0v) is 38.7. The lowest BCUT2D eigenvalue weighted by molar-refractivity contribution is -0.395. The first-order valence-electron chi connectivity index (χ1n) is 23.6. The van der Waals surface area contributed by atoms with Gasteiger partial charge in [0.15, 0.2) is 18.9 Å². The Bertz CT molecular complexity index is 2460. The third-order valence-corrected chi connectivity index (χ3v) is 12.5. The number of methoxy groups -OCH3 is 1. The van der Waals surface area contributed by atoms with Crippen molar-refractivity contribution in [3.63, 3.8) is 0 Å². The van der Waals surface area contributed by atoms with E-state index in [0.717, 1.165) is 33.4 Å². The van der Waals surface area contributed by atoms with E-state index >= 15 is 0 Å². The Morgan fingerprint density at radius 2 is 0.957 bits per heavy atom. The Morgan fingerprint density at radius 3 is 1.48 bits per heavy atom. The van der Waals surface area contributed by atoms with Gasteiger partial charge in [-0.15, -0.1) is 0 Å². The third kappa shape index (κ3) is 13.0. The molecule has 11 atom stereocenters. The van der Waals surface area contributed by atoms with Crippen molar-refractivity contribution in [3.8, 4) is 6.07 Å². The van der Waals surface area contributed by atoms with E-state index in [1.165, 1.54) is 0 Å². The predicted octanol–water partition coefficient (Wildman–Crippen LogP) is 8.88. The number of ether oxygens (including phenoxy) is 11. The summed E-state index contributed by atoms with van der Waals surface area (Å²) in [4.78, 5) is 0. The molecule has 69 heavy (non-hydrogen) atoms. The van der Waals surface area contributed by atoms with Crippen molar-refractivity contribution in [2.75, 3.05) is 20.3 Å². The van der Waals surface area contributed by atoms with Crippen LogP contribution in [-0.2, 0) is 91.6 Å². The third-order valence-electron chi connectivity index (χ3n) is 12.5. The van der Waals surface area contributed by atoms with Gasteiger partial charge in [0, 0.05) is 13.5 Å². The normalized spacial score (nSPS) is 26.7. The highest BCUT2D eigenvalue weighted by atomic mass is 16.8. The average Bonchev–Trinajstić information content (AvgIpc) is 3.40. The summed E-state index contributed by atoms with van der Waals surface area (Å²) in [6, 6.07) is 59.6. The molecule has 0 spiro atoms. The first kappa shape index (κ1) is 48.4. The fourth-order valence-electron chi connectivity index (χ4n) is 8.98. The summed E-state index contributed by atoms with van der Waals surface area (Å²) in [5.41, 5.74) is 6.25. The van der Waals surface area contributed by atoms with Crippen molar-refractivity contribution in [3.05, 3.63) is 215 Å². The fourth-order valence-corrected chi connectivity index (χ4v) is 8.98. The van der Waals surface area contributed by atoms with Crippen LogP contribution in [0.25, 0.3) is 0 Å². The minimum Gasteiger partial charge on any atom is -0.374 e. The highest BCUT2D eigenvalue weighted by molar-refractivity contribution is 5.37. The monoisotopic (exact) mass is 933 g/mol. The molecule has 0 saturated carbocycles. The standard InChI is InChI=1S/C57H59NO11/c1-59-56-54(64-36-43-25-13-5-14-26-43)53(63-35-42-23-11-4-12-24-42)51(47(66-56)38-60-33-40-19-7-2-8-20-40)69-57-55(65-37-44-27-15-6-16-28-44)52(62-34-41-21-9-3-10-22-41)50-48(67-57)39-61-49(68-50)31-45-29-17-18-30-46(45)32-58/h2-30,47-57H,31,33-39H2,1H3/t47-,48-,49-,50-,51-,52+,53+,54-,55+,56+,57?/m1/s1. The fraction of sp³-hybridized carbons (Fsp3) is 0.351. The Kier molecular flexibility index (Phi) is 17.4. The number of nitrogens with zero attached hydrogens (tertiary/aromatic N) is 1. The Hall–Kier alpha value is -5.63. The van der Waals surface area contributed by atoms with Crippen LogP contribution in [0.15, 0.2) is 176 Å². The molecule has 9 rings (SSSR count). The van der Waals surface area contributed by atoms with E-state index in [2.05, 4.69) is 6.07 Å². The number of nitriles is 1. The molecule has 6 aromatic rings. The molecule has 3 heterocycles. The van der Waals surface area contributed by atoms with E-state index in [1.807, 2.05) is 170 Å². The zero-order chi connectivity index (χ0) is 47.0. The number of benzene rings is 6. The lowest BCUT2D eigenvalue weighted by atomic mass is 9.95.